The van der Waals surface area contributed by atoms with Gasteiger partial charge in [-0.2, -0.15) is 26.3 Å². The minimum absolute atomic E-state index is 0.277. The van der Waals surface area contributed by atoms with Crippen LogP contribution in [0.5, 0.6) is 0 Å². The number of anilines is 1. The second-order valence-electron chi connectivity index (χ2n) is 4.60. The maximum Gasteiger partial charge on any atom is 0.424 e. The third kappa shape index (κ3) is 2.75. The molecule has 118 valence electrons. The Morgan fingerprint density at radius 3 is 1.41 bits per heavy atom. The zero-order chi connectivity index (χ0) is 16.4. The molecule has 0 fully saturated rings. The molecule has 0 aromatic heterocycles. The molecule has 1 N–H and O–H groups in total. The first kappa shape index (κ1) is 16.2. The van der Waals surface area contributed by atoms with Gasteiger partial charge >= 0.3 is 12.4 Å². The lowest BCUT2D eigenvalue weighted by molar-refractivity contribution is -0.293. The fourth-order valence-corrected chi connectivity index (χ4v) is 2.13. The van der Waals surface area contributed by atoms with E-state index >= 15 is 0 Å². The number of halogens is 6. The molecule has 0 bridgehead atoms. The van der Waals surface area contributed by atoms with Gasteiger partial charge in [0.1, 0.15) is 0 Å². The van der Waals surface area contributed by atoms with Crippen LogP contribution in [0.25, 0.3) is 0 Å². The third-order valence-corrected chi connectivity index (χ3v) is 3.16. The average molecular weight is 319 g/mol. The van der Waals surface area contributed by atoms with Crippen LogP contribution in [-0.4, -0.2) is 12.4 Å². The molecule has 0 saturated heterocycles. The number of para-hydroxylation sites is 1. The Morgan fingerprint density at radius 1 is 0.591 bits per heavy atom. The zero-order valence-corrected chi connectivity index (χ0v) is 11.0. The summed E-state index contributed by atoms with van der Waals surface area (Å²) in [5, 5.41) is 1.64. The number of hydrogen-bond donors (Lipinski definition) is 1. The van der Waals surface area contributed by atoms with Gasteiger partial charge in [-0.25, -0.2) is 0 Å². The Balaban J connectivity index is 2.67. The van der Waals surface area contributed by atoms with Gasteiger partial charge in [0.05, 0.1) is 0 Å². The maximum atomic E-state index is 13.5. The topological polar surface area (TPSA) is 12.0 Å². The summed E-state index contributed by atoms with van der Waals surface area (Å²) in [4.78, 5) is 0. The van der Waals surface area contributed by atoms with Crippen LogP contribution in [0.15, 0.2) is 60.7 Å². The van der Waals surface area contributed by atoms with E-state index in [9.17, 15) is 26.3 Å². The van der Waals surface area contributed by atoms with Crippen molar-refractivity contribution in [3.63, 3.8) is 0 Å². The van der Waals surface area contributed by atoms with E-state index in [0.29, 0.717) is 0 Å². The maximum absolute atomic E-state index is 13.5. The van der Waals surface area contributed by atoms with Crippen molar-refractivity contribution in [3.8, 4) is 0 Å². The first-order chi connectivity index (χ1) is 10.2. The predicted molar refractivity (Wildman–Crippen MR) is 70.3 cm³/mol. The van der Waals surface area contributed by atoms with E-state index in [2.05, 4.69) is 0 Å². The van der Waals surface area contributed by atoms with Crippen molar-refractivity contribution in [3.05, 3.63) is 66.2 Å². The van der Waals surface area contributed by atoms with Crippen LogP contribution in [0.3, 0.4) is 0 Å². The Bertz CT molecular complexity index is 589. The van der Waals surface area contributed by atoms with E-state index in [0.717, 1.165) is 36.4 Å². The highest BCUT2D eigenvalue weighted by atomic mass is 19.4. The molecule has 1 nitrogen and oxygen atoms in total. The van der Waals surface area contributed by atoms with Crippen LogP contribution in [0.4, 0.5) is 32.0 Å². The first-order valence-corrected chi connectivity index (χ1v) is 6.21. The number of rotatable bonds is 3. The van der Waals surface area contributed by atoms with Crippen molar-refractivity contribution >= 4 is 5.69 Å². The molecule has 0 atom stereocenters. The van der Waals surface area contributed by atoms with Gasteiger partial charge in [0, 0.05) is 5.69 Å². The highest BCUT2D eigenvalue weighted by molar-refractivity contribution is 5.50. The molecule has 0 heterocycles. The van der Waals surface area contributed by atoms with Gasteiger partial charge < -0.3 is 5.32 Å². The molecule has 0 aliphatic heterocycles. The van der Waals surface area contributed by atoms with Crippen molar-refractivity contribution < 1.29 is 26.3 Å². The smallest absolute Gasteiger partial charge is 0.360 e. The number of hydrogen-bond acceptors (Lipinski definition) is 1. The van der Waals surface area contributed by atoms with E-state index in [1.807, 2.05) is 0 Å². The van der Waals surface area contributed by atoms with E-state index < -0.39 is 23.5 Å². The van der Waals surface area contributed by atoms with Crippen molar-refractivity contribution in [2.24, 2.45) is 0 Å². The van der Waals surface area contributed by atoms with E-state index in [1.165, 1.54) is 24.3 Å². The summed E-state index contributed by atoms with van der Waals surface area (Å²) in [7, 11) is 0. The molecular weight excluding hydrogens is 308 g/mol. The number of benzene rings is 2. The summed E-state index contributed by atoms with van der Waals surface area (Å²) >= 11 is 0. The highest BCUT2D eigenvalue weighted by Gasteiger charge is 2.72. The standard InChI is InChI=1S/C15H11F6N/c16-14(17,18)13(15(19,20)21,11-7-3-1-4-8-11)22-12-9-5-2-6-10-12/h1-10,22H. The monoisotopic (exact) mass is 319 g/mol. The molecule has 22 heavy (non-hydrogen) atoms. The van der Waals surface area contributed by atoms with Gasteiger partial charge in [0.2, 0.25) is 0 Å². The van der Waals surface area contributed by atoms with E-state index in [4.69, 9.17) is 0 Å². The molecule has 2 rings (SSSR count). The minimum Gasteiger partial charge on any atom is -0.360 e. The molecule has 2 aromatic rings. The van der Waals surface area contributed by atoms with Crippen LogP contribution in [-0.2, 0) is 5.54 Å². The van der Waals surface area contributed by atoms with Gasteiger partial charge in [-0.1, -0.05) is 48.5 Å². The minimum atomic E-state index is -5.58. The molecule has 0 amide bonds. The lowest BCUT2D eigenvalue weighted by atomic mass is 9.87. The van der Waals surface area contributed by atoms with Crippen molar-refractivity contribution in [1.82, 2.24) is 0 Å². The van der Waals surface area contributed by atoms with Gasteiger partial charge in [-0.05, 0) is 17.7 Å². The molecular formula is C15H11F6N. The lowest BCUT2D eigenvalue weighted by Gasteiger charge is -2.39. The number of nitrogens with one attached hydrogen (secondary N) is 1. The molecule has 7 heteroatoms. The Labute approximate surface area is 122 Å². The molecule has 0 radical (unpaired) electrons. The summed E-state index contributed by atoms with van der Waals surface area (Å²) in [6.45, 7) is 0. The third-order valence-electron chi connectivity index (χ3n) is 3.16. The SMILES string of the molecule is FC(F)(F)C(Nc1ccccc1)(c1ccccc1)C(F)(F)F. The van der Waals surface area contributed by atoms with Crippen LogP contribution in [0.2, 0.25) is 0 Å². The summed E-state index contributed by atoms with van der Waals surface area (Å²) in [5.74, 6) is 0. The summed E-state index contributed by atoms with van der Waals surface area (Å²) in [6.07, 6.45) is -11.2. The summed E-state index contributed by atoms with van der Waals surface area (Å²) in [6, 6.07) is 11.7. The molecule has 0 saturated carbocycles. The van der Waals surface area contributed by atoms with Gasteiger partial charge in [0.15, 0.2) is 0 Å². The van der Waals surface area contributed by atoms with E-state index in [1.54, 1.807) is 5.32 Å². The largest absolute Gasteiger partial charge is 0.424 e. The fraction of sp³-hybridized carbons (Fsp3) is 0.200. The lowest BCUT2D eigenvalue weighted by Crippen LogP contribution is -2.59. The van der Waals surface area contributed by atoms with Gasteiger partial charge in [-0.15, -0.1) is 0 Å². The highest BCUT2D eigenvalue weighted by Crippen LogP contribution is 2.52. The van der Waals surface area contributed by atoms with E-state index in [-0.39, 0.29) is 5.69 Å². The van der Waals surface area contributed by atoms with Crippen molar-refractivity contribution in [1.29, 1.82) is 0 Å². The number of alkyl halides is 6. The van der Waals surface area contributed by atoms with Gasteiger partial charge in [-0.3, -0.25) is 0 Å². The first-order valence-electron chi connectivity index (χ1n) is 6.21. The van der Waals surface area contributed by atoms with Crippen LogP contribution in [0, 0.1) is 0 Å². The molecule has 0 aliphatic carbocycles. The van der Waals surface area contributed by atoms with Crippen molar-refractivity contribution in [2.75, 3.05) is 5.32 Å². The Morgan fingerprint density at radius 2 is 1.00 bits per heavy atom. The molecule has 2 aromatic carbocycles. The quantitative estimate of drug-likeness (QED) is 0.774. The second kappa shape index (κ2) is 5.55. The molecule has 0 aliphatic rings. The predicted octanol–water partition coefficient (Wildman–Crippen LogP) is 5.12. The average Bonchev–Trinajstić information content (AvgIpc) is 2.44. The summed E-state index contributed by atoms with van der Waals surface area (Å²) < 4.78 is 80.8. The summed E-state index contributed by atoms with van der Waals surface area (Å²) in [5.41, 5.74) is -5.37. The zero-order valence-electron chi connectivity index (χ0n) is 11.0. The van der Waals surface area contributed by atoms with Crippen molar-refractivity contribution in [2.45, 2.75) is 17.9 Å². The van der Waals surface area contributed by atoms with Crippen LogP contribution >= 0.6 is 0 Å². The second-order valence-corrected chi connectivity index (χ2v) is 4.60. The van der Waals surface area contributed by atoms with Crippen LogP contribution in [0.1, 0.15) is 5.56 Å². The molecule has 0 spiro atoms. The van der Waals surface area contributed by atoms with Crippen LogP contribution < -0.4 is 5.32 Å². The molecule has 0 unspecified atom stereocenters. The normalized spacial score (nSPS) is 13.0. The Hall–Kier alpha value is -2.18. The van der Waals surface area contributed by atoms with Gasteiger partial charge in [0.25, 0.3) is 5.54 Å². The Kier molecular flexibility index (Phi) is 4.08. The fourth-order valence-electron chi connectivity index (χ4n) is 2.13.